The van der Waals surface area contributed by atoms with Crippen molar-refractivity contribution in [3.05, 3.63) is 220 Å². The molecule has 0 aliphatic rings. The molecule has 0 bridgehead atoms. The minimum atomic E-state index is -0.875. The van der Waals surface area contributed by atoms with Gasteiger partial charge in [0, 0.05) is 11.3 Å². The summed E-state index contributed by atoms with van der Waals surface area (Å²) in [6.07, 6.45) is 1.38. The number of aromatic hydroxyl groups is 1. The monoisotopic (exact) mass is 1100 g/mol. The third-order valence-electron chi connectivity index (χ3n) is 13.3. The Bertz CT molecular complexity index is 2990. The molecule has 0 heterocycles. The summed E-state index contributed by atoms with van der Waals surface area (Å²) in [6.45, 7) is 40.2. The molecular formula is C73H98N2O6. The smallest absolute Gasteiger partial charge is 0.335 e. The number of rotatable bonds is 7. The highest BCUT2D eigenvalue weighted by Crippen LogP contribution is 2.32. The van der Waals surface area contributed by atoms with Gasteiger partial charge in [-0.2, -0.15) is 0 Å². The number of carbonyl (C=O) groups excluding carboxylic acids is 2. The lowest BCUT2D eigenvalue weighted by molar-refractivity contribution is -0.118. The Kier molecular flexibility index (Phi) is 26.3. The van der Waals surface area contributed by atoms with E-state index in [0.717, 1.165) is 40.0 Å². The van der Waals surface area contributed by atoms with Gasteiger partial charge in [0.15, 0.2) is 0 Å². The van der Waals surface area contributed by atoms with Gasteiger partial charge in [0.05, 0.1) is 18.7 Å². The highest BCUT2D eigenvalue weighted by Gasteiger charge is 2.21. The number of carboxylic acid groups (broad SMARTS) is 1. The minimum absolute atomic E-state index is 0.0182. The molecule has 1 atom stereocenters. The molecule has 7 aromatic rings. The Morgan fingerprint density at radius 1 is 0.494 bits per heavy atom. The molecular weight excluding hydrogens is 1000 g/mol. The van der Waals surface area contributed by atoms with Crippen molar-refractivity contribution >= 4 is 23.7 Å². The number of hydrogen-bond donors (Lipinski definition) is 4. The summed E-state index contributed by atoms with van der Waals surface area (Å²) in [7, 11) is 1.69. The summed E-state index contributed by atoms with van der Waals surface area (Å²) < 4.78 is 5.08. The Labute approximate surface area is 488 Å². The maximum atomic E-state index is 11.1. The van der Waals surface area contributed by atoms with Gasteiger partial charge in [-0.1, -0.05) is 258 Å². The van der Waals surface area contributed by atoms with Gasteiger partial charge < -0.3 is 26.4 Å². The number of phenolic OH excluding ortho intramolecular Hbond substituents is 1. The predicted octanol–water partition coefficient (Wildman–Crippen LogP) is 17.8. The number of carbonyl (C=O) groups is 3. The van der Waals surface area contributed by atoms with E-state index < -0.39 is 12.0 Å². The van der Waals surface area contributed by atoms with Crippen LogP contribution in [0.1, 0.15) is 191 Å². The second kappa shape index (κ2) is 30.5. The lowest BCUT2D eigenvalue weighted by atomic mass is 9.84. The average Bonchev–Trinajstić information content (AvgIpc) is 3.39. The van der Waals surface area contributed by atoms with Crippen LogP contribution in [0.2, 0.25) is 0 Å². The van der Waals surface area contributed by atoms with Crippen LogP contribution in [0.15, 0.2) is 170 Å². The number of phenols is 1. The minimum Gasteiger partial charge on any atom is -0.508 e. The molecule has 436 valence electrons. The van der Waals surface area contributed by atoms with Gasteiger partial charge in [-0.25, -0.2) is 4.79 Å². The number of nitrogen functional groups attached to an aromatic ring is 1. The van der Waals surface area contributed by atoms with Gasteiger partial charge in [0.25, 0.3) is 0 Å². The first-order valence-electron chi connectivity index (χ1n) is 27.9. The van der Waals surface area contributed by atoms with Gasteiger partial charge in [-0.15, -0.1) is 0 Å². The van der Waals surface area contributed by atoms with Gasteiger partial charge in [0.2, 0.25) is 0 Å². The van der Waals surface area contributed by atoms with Gasteiger partial charge in [-0.3, -0.25) is 9.59 Å². The van der Waals surface area contributed by atoms with Crippen LogP contribution in [0.25, 0.3) is 11.1 Å². The normalized spacial score (nSPS) is 11.8. The fourth-order valence-corrected chi connectivity index (χ4v) is 7.95. The molecule has 8 nitrogen and oxygen atoms in total. The highest BCUT2D eigenvalue weighted by molar-refractivity contribution is 5.87. The Hall–Kier alpha value is -7.29. The SMILES string of the molecule is CC(=O)[C@@H](N)Cc1ccc(O)c(C(C)(C)C)c1.CC(C)(C)c1ccc(-c2ccccc2)cc1.CC(C)(C)c1ccc(C(=O)O)cc1.CC(C)(C)c1ccc(C=O)cc1.CC(C)(C)c1ccccc1N.COc1ccc(C(C)(C)C)cc1. The molecule has 0 saturated carbocycles. The van der Waals surface area contributed by atoms with Crippen LogP contribution < -0.4 is 16.2 Å². The van der Waals surface area contributed by atoms with Crippen molar-refractivity contribution < 1.29 is 29.3 Å². The number of ether oxygens (including phenoxy) is 1. The molecule has 0 fully saturated rings. The summed E-state index contributed by atoms with van der Waals surface area (Å²) in [5.74, 6) is 0.316. The second-order valence-corrected chi connectivity index (χ2v) is 26.7. The van der Waals surface area contributed by atoms with Crippen molar-refractivity contribution in [2.45, 2.75) is 177 Å². The Balaban J connectivity index is 0.000000334. The number of Topliss-reactive ketones (excluding diaryl/α,β-unsaturated/α-hetero) is 1. The van der Waals surface area contributed by atoms with E-state index in [1.165, 1.54) is 40.3 Å². The number of methoxy groups -OCH3 is 1. The quantitative estimate of drug-likeness (QED) is 0.0909. The topological polar surface area (TPSA) is 153 Å². The van der Waals surface area contributed by atoms with E-state index in [0.29, 0.717) is 12.0 Å². The summed E-state index contributed by atoms with van der Waals surface area (Å²) in [5.41, 5.74) is 25.0. The summed E-state index contributed by atoms with van der Waals surface area (Å²) >= 11 is 0. The molecule has 6 N–H and O–H groups in total. The fourth-order valence-electron chi connectivity index (χ4n) is 7.95. The number of nitrogens with two attached hydrogens (primary N) is 2. The van der Waals surface area contributed by atoms with Crippen molar-refractivity contribution in [2.75, 3.05) is 12.8 Å². The van der Waals surface area contributed by atoms with E-state index in [9.17, 15) is 19.5 Å². The number of anilines is 1. The molecule has 0 amide bonds. The van der Waals surface area contributed by atoms with Crippen molar-refractivity contribution in [3.8, 4) is 22.6 Å². The number of ketones is 1. The predicted molar refractivity (Wildman–Crippen MR) is 344 cm³/mol. The van der Waals surface area contributed by atoms with E-state index in [1.807, 2.05) is 106 Å². The fraction of sp³-hybridized carbons (Fsp3) is 0.384. The van der Waals surface area contributed by atoms with E-state index in [2.05, 4.69) is 171 Å². The Morgan fingerprint density at radius 3 is 1.23 bits per heavy atom. The van der Waals surface area contributed by atoms with Crippen LogP contribution in [0.5, 0.6) is 11.5 Å². The number of hydrogen-bond acceptors (Lipinski definition) is 7. The molecule has 0 aliphatic heterocycles. The largest absolute Gasteiger partial charge is 0.508 e. The molecule has 0 aliphatic carbocycles. The second-order valence-electron chi connectivity index (χ2n) is 26.7. The van der Waals surface area contributed by atoms with E-state index in [4.69, 9.17) is 21.3 Å². The summed E-state index contributed by atoms with van der Waals surface area (Å²) in [6, 6.07) is 55.3. The molecule has 0 saturated heterocycles. The highest BCUT2D eigenvalue weighted by atomic mass is 16.5. The average molecular weight is 1100 g/mol. The van der Waals surface area contributed by atoms with Crippen LogP contribution in [0.3, 0.4) is 0 Å². The first-order chi connectivity index (χ1) is 37.3. The zero-order valence-electron chi connectivity index (χ0n) is 52.7. The number of aldehydes is 1. The van der Waals surface area contributed by atoms with Crippen LogP contribution >= 0.6 is 0 Å². The standard InChI is InChI=1S/C16H18.C14H21NO2.C11H14O2.C11H16O.C11H14O.C10H15N/c1-16(2,3)15-11-9-14(10-12-15)13-7-5-4-6-8-13;1-9(16)12(15)8-10-5-6-13(17)11(7-10)14(2,3)4;1-11(2,3)9-6-4-8(5-7-9)10(12)13;1-11(2,3)9-5-7-10(12-4)8-6-9;1-11(2,3)10-6-4-9(8-12)5-7-10;1-10(2,3)8-6-4-5-7-9(8)11/h4-12H,1-3H3;5-7,12,17H,8,15H2,1-4H3;4-7H,1-3H3,(H,12,13);5-8H,1-4H3;4-8H,1-3H3;4-7H,11H2,1-3H3/t;12-;;;;/m.0..../s1. The maximum Gasteiger partial charge on any atom is 0.335 e. The molecule has 0 unspecified atom stereocenters. The summed E-state index contributed by atoms with van der Waals surface area (Å²) in [4.78, 5) is 32.1. The zero-order valence-corrected chi connectivity index (χ0v) is 52.7. The Morgan fingerprint density at radius 2 is 0.877 bits per heavy atom. The molecule has 7 rings (SSSR count). The van der Waals surface area contributed by atoms with Crippen LogP contribution in [-0.2, 0) is 43.7 Å². The van der Waals surface area contributed by atoms with Gasteiger partial charge >= 0.3 is 5.97 Å². The van der Waals surface area contributed by atoms with Crippen molar-refractivity contribution in [1.29, 1.82) is 0 Å². The first-order valence-corrected chi connectivity index (χ1v) is 27.9. The first kappa shape index (κ1) is 69.8. The summed E-state index contributed by atoms with van der Waals surface area (Å²) in [5, 5.41) is 18.5. The molecule has 0 spiro atoms. The van der Waals surface area contributed by atoms with Gasteiger partial charge in [0.1, 0.15) is 23.6 Å². The van der Waals surface area contributed by atoms with Crippen molar-refractivity contribution in [3.63, 3.8) is 0 Å². The number of aromatic carboxylic acids is 1. The van der Waals surface area contributed by atoms with Crippen molar-refractivity contribution in [2.24, 2.45) is 5.73 Å². The van der Waals surface area contributed by atoms with Gasteiger partial charge in [-0.05, 0) is 132 Å². The number of carboxylic acids is 1. The van der Waals surface area contributed by atoms with E-state index >= 15 is 0 Å². The lowest BCUT2D eigenvalue weighted by Crippen LogP contribution is -2.30. The molecule has 81 heavy (non-hydrogen) atoms. The van der Waals surface area contributed by atoms with E-state index in [-0.39, 0.29) is 44.0 Å². The number of benzene rings is 7. The van der Waals surface area contributed by atoms with Crippen molar-refractivity contribution in [1.82, 2.24) is 0 Å². The molecule has 7 aromatic carbocycles. The maximum absolute atomic E-state index is 11.1. The van der Waals surface area contributed by atoms with Crippen LogP contribution in [0.4, 0.5) is 5.69 Å². The molecule has 0 aromatic heterocycles. The van der Waals surface area contributed by atoms with E-state index in [1.54, 1.807) is 25.3 Å². The van der Waals surface area contributed by atoms with Crippen LogP contribution in [0, 0.1) is 0 Å². The molecule has 0 radical (unpaired) electrons. The third-order valence-corrected chi connectivity index (χ3v) is 13.3. The van der Waals surface area contributed by atoms with Crippen LogP contribution in [-0.4, -0.2) is 41.4 Å². The zero-order chi connectivity index (χ0) is 61.7. The third kappa shape index (κ3) is 24.9. The number of para-hydroxylation sites is 1. The molecule has 8 heteroatoms. The lowest BCUT2D eigenvalue weighted by Gasteiger charge is -2.21.